The molecule has 0 aliphatic heterocycles. The lowest BCUT2D eigenvalue weighted by molar-refractivity contribution is -0.122. The Morgan fingerprint density at radius 3 is 2.70 bits per heavy atom. The molecule has 2 rings (SSSR count). The van der Waals surface area contributed by atoms with Crippen molar-refractivity contribution in [1.82, 2.24) is 5.32 Å². The highest BCUT2D eigenvalue weighted by molar-refractivity contribution is 5.76. The smallest absolute Gasteiger partial charge is 0.220 e. The van der Waals surface area contributed by atoms with Gasteiger partial charge >= 0.3 is 0 Å². The molecule has 1 amide bonds. The molecule has 0 heterocycles. The Bertz CT molecular complexity index is 450. The van der Waals surface area contributed by atoms with Crippen molar-refractivity contribution < 1.29 is 14.3 Å². The fraction of sp³-hybridized carbons (Fsp3) is 0.533. The monoisotopic (exact) mass is 280 g/mol. The van der Waals surface area contributed by atoms with Crippen LogP contribution in [0.2, 0.25) is 0 Å². The maximum Gasteiger partial charge on any atom is 0.220 e. The van der Waals surface area contributed by atoms with Gasteiger partial charge in [0.25, 0.3) is 0 Å². The summed E-state index contributed by atoms with van der Waals surface area (Å²) in [5.74, 6) is -0.188. The molecule has 0 radical (unpaired) electrons. The molecular formula is C15H21FN2O2. The summed E-state index contributed by atoms with van der Waals surface area (Å²) in [5.41, 5.74) is 6.51. The summed E-state index contributed by atoms with van der Waals surface area (Å²) in [4.78, 5) is 11.8. The molecule has 1 fully saturated rings. The van der Waals surface area contributed by atoms with E-state index >= 15 is 0 Å². The third-order valence-corrected chi connectivity index (χ3v) is 3.91. The number of nitrogens with one attached hydrogen (secondary N) is 1. The number of benzene rings is 1. The van der Waals surface area contributed by atoms with Crippen LogP contribution in [0.4, 0.5) is 4.39 Å². The van der Waals surface area contributed by atoms with E-state index in [1.165, 1.54) is 24.3 Å². The molecule has 1 saturated carbocycles. The van der Waals surface area contributed by atoms with E-state index in [1.807, 2.05) is 0 Å². The van der Waals surface area contributed by atoms with Gasteiger partial charge in [0, 0.05) is 19.0 Å². The van der Waals surface area contributed by atoms with E-state index in [4.69, 9.17) is 5.73 Å². The number of amides is 1. The molecule has 110 valence electrons. The number of hydrogen-bond donors (Lipinski definition) is 3. The minimum Gasteiger partial charge on any atom is -0.387 e. The highest BCUT2D eigenvalue weighted by atomic mass is 19.1. The van der Waals surface area contributed by atoms with Crippen molar-refractivity contribution in [3.05, 3.63) is 35.6 Å². The van der Waals surface area contributed by atoms with Crippen molar-refractivity contribution in [2.75, 3.05) is 6.54 Å². The first-order valence-corrected chi connectivity index (χ1v) is 7.02. The zero-order chi connectivity index (χ0) is 14.5. The SMILES string of the molecule is N[C@@H]1CCC[C@H]1CC(=O)NCC(O)c1ccc(F)cc1. The predicted octanol–water partition coefficient (Wildman–Crippen LogP) is 1.49. The van der Waals surface area contributed by atoms with Crippen LogP contribution in [0, 0.1) is 11.7 Å². The van der Waals surface area contributed by atoms with Crippen LogP contribution < -0.4 is 11.1 Å². The van der Waals surface area contributed by atoms with Crippen molar-refractivity contribution in [2.45, 2.75) is 37.8 Å². The van der Waals surface area contributed by atoms with Gasteiger partial charge in [-0.25, -0.2) is 4.39 Å². The number of nitrogens with two attached hydrogens (primary N) is 1. The van der Waals surface area contributed by atoms with Gasteiger partial charge in [-0.05, 0) is 36.5 Å². The van der Waals surface area contributed by atoms with E-state index in [-0.39, 0.29) is 30.2 Å². The second kappa shape index (κ2) is 6.81. The molecule has 4 N–H and O–H groups in total. The van der Waals surface area contributed by atoms with Gasteiger partial charge < -0.3 is 16.2 Å². The van der Waals surface area contributed by atoms with E-state index in [1.54, 1.807) is 0 Å². The number of hydrogen-bond acceptors (Lipinski definition) is 3. The molecule has 1 aromatic carbocycles. The minimum atomic E-state index is -0.822. The fourth-order valence-corrected chi connectivity index (χ4v) is 2.64. The van der Waals surface area contributed by atoms with Crippen molar-refractivity contribution in [3.63, 3.8) is 0 Å². The van der Waals surface area contributed by atoms with Crippen LogP contribution in [0.15, 0.2) is 24.3 Å². The van der Waals surface area contributed by atoms with Crippen LogP contribution in [-0.4, -0.2) is 23.6 Å². The standard InChI is InChI=1S/C15H21FN2O2/c16-12-6-4-10(5-7-12)14(19)9-18-15(20)8-11-2-1-3-13(11)17/h4-7,11,13-14,19H,1-3,8-9,17H2,(H,18,20)/t11-,13+,14?/m0/s1. The quantitative estimate of drug-likeness (QED) is 0.765. The topological polar surface area (TPSA) is 75.4 Å². The highest BCUT2D eigenvalue weighted by Gasteiger charge is 2.26. The van der Waals surface area contributed by atoms with Gasteiger partial charge in [0.15, 0.2) is 0 Å². The molecule has 20 heavy (non-hydrogen) atoms. The molecule has 1 aliphatic carbocycles. The molecule has 4 nitrogen and oxygen atoms in total. The number of aliphatic hydroxyl groups excluding tert-OH is 1. The summed E-state index contributed by atoms with van der Waals surface area (Å²) < 4.78 is 12.8. The van der Waals surface area contributed by atoms with Crippen LogP contribution in [0.5, 0.6) is 0 Å². The van der Waals surface area contributed by atoms with Gasteiger partial charge in [-0.15, -0.1) is 0 Å². The van der Waals surface area contributed by atoms with Crippen molar-refractivity contribution in [1.29, 1.82) is 0 Å². The first-order chi connectivity index (χ1) is 9.56. The number of halogens is 1. The van der Waals surface area contributed by atoms with E-state index in [2.05, 4.69) is 5.32 Å². The third-order valence-electron chi connectivity index (χ3n) is 3.91. The molecule has 1 aromatic rings. The van der Waals surface area contributed by atoms with Gasteiger partial charge in [-0.3, -0.25) is 4.79 Å². The van der Waals surface area contributed by atoms with Crippen LogP contribution in [0.1, 0.15) is 37.4 Å². The van der Waals surface area contributed by atoms with Crippen LogP contribution in [0.3, 0.4) is 0 Å². The maximum atomic E-state index is 12.8. The zero-order valence-corrected chi connectivity index (χ0v) is 11.4. The van der Waals surface area contributed by atoms with Crippen LogP contribution in [-0.2, 0) is 4.79 Å². The van der Waals surface area contributed by atoms with Crippen molar-refractivity contribution in [3.8, 4) is 0 Å². The van der Waals surface area contributed by atoms with Gasteiger partial charge in [-0.2, -0.15) is 0 Å². The zero-order valence-electron chi connectivity index (χ0n) is 11.4. The fourth-order valence-electron chi connectivity index (χ4n) is 2.64. The van der Waals surface area contributed by atoms with E-state index in [0.717, 1.165) is 19.3 Å². The Balaban J connectivity index is 1.76. The molecule has 1 aliphatic rings. The van der Waals surface area contributed by atoms with Crippen LogP contribution in [0.25, 0.3) is 0 Å². The lowest BCUT2D eigenvalue weighted by Gasteiger charge is -2.16. The Kier molecular flexibility index (Phi) is 5.09. The number of carbonyl (C=O) groups is 1. The number of aliphatic hydroxyl groups is 1. The molecular weight excluding hydrogens is 259 g/mol. The normalized spacial score (nSPS) is 23.6. The molecule has 0 saturated heterocycles. The van der Waals surface area contributed by atoms with E-state index in [0.29, 0.717) is 12.0 Å². The molecule has 0 aromatic heterocycles. The Morgan fingerprint density at radius 1 is 1.40 bits per heavy atom. The minimum absolute atomic E-state index is 0.0893. The first-order valence-electron chi connectivity index (χ1n) is 7.02. The maximum absolute atomic E-state index is 12.8. The lowest BCUT2D eigenvalue weighted by Crippen LogP contribution is -2.33. The summed E-state index contributed by atoms with van der Waals surface area (Å²) in [6, 6.07) is 5.72. The van der Waals surface area contributed by atoms with E-state index in [9.17, 15) is 14.3 Å². The molecule has 1 unspecified atom stereocenters. The third kappa shape index (κ3) is 4.02. The van der Waals surface area contributed by atoms with Gasteiger partial charge in [0.1, 0.15) is 5.82 Å². The summed E-state index contributed by atoms with van der Waals surface area (Å²) in [7, 11) is 0. The molecule has 3 atom stereocenters. The van der Waals surface area contributed by atoms with Crippen molar-refractivity contribution in [2.24, 2.45) is 11.7 Å². The Hall–Kier alpha value is -1.46. The molecule has 0 spiro atoms. The average Bonchev–Trinajstić information content (AvgIpc) is 2.82. The Labute approximate surface area is 118 Å². The Morgan fingerprint density at radius 2 is 2.10 bits per heavy atom. The first kappa shape index (κ1) is 14.9. The summed E-state index contributed by atoms with van der Waals surface area (Å²) in [5, 5.41) is 12.6. The predicted molar refractivity (Wildman–Crippen MR) is 74.3 cm³/mol. The number of carbonyl (C=O) groups excluding carboxylic acids is 1. The van der Waals surface area contributed by atoms with E-state index < -0.39 is 6.10 Å². The largest absolute Gasteiger partial charge is 0.387 e. The average molecular weight is 280 g/mol. The van der Waals surface area contributed by atoms with Gasteiger partial charge in [-0.1, -0.05) is 18.6 Å². The summed E-state index contributed by atoms with van der Waals surface area (Å²) in [6.45, 7) is 0.131. The summed E-state index contributed by atoms with van der Waals surface area (Å²) in [6.07, 6.45) is 2.65. The summed E-state index contributed by atoms with van der Waals surface area (Å²) >= 11 is 0. The second-order valence-electron chi connectivity index (χ2n) is 5.43. The van der Waals surface area contributed by atoms with Crippen molar-refractivity contribution >= 4 is 5.91 Å². The lowest BCUT2D eigenvalue weighted by atomic mass is 10.00. The van der Waals surface area contributed by atoms with Gasteiger partial charge in [0.05, 0.1) is 6.10 Å². The van der Waals surface area contributed by atoms with Gasteiger partial charge in [0.2, 0.25) is 5.91 Å². The number of rotatable bonds is 5. The highest BCUT2D eigenvalue weighted by Crippen LogP contribution is 2.26. The van der Waals surface area contributed by atoms with Crippen LogP contribution >= 0.6 is 0 Å². The second-order valence-corrected chi connectivity index (χ2v) is 5.43. The molecule has 0 bridgehead atoms. The molecule has 5 heteroatoms.